The van der Waals surface area contributed by atoms with Crippen molar-refractivity contribution < 1.29 is 22.8 Å². The van der Waals surface area contributed by atoms with Gasteiger partial charge in [0, 0.05) is 57.0 Å². The van der Waals surface area contributed by atoms with Crippen LogP contribution in [0, 0.1) is 6.92 Å². The Hall–Kier alpha value is -2.33. The lowest BCUT2D eigenvalue weighted by Crippen LogP contribution is -2.63. The van der Waals surface area contributed by atoms with E-state index in [9.17, 15) is 22.8 Å². The normalized spacial score (nSPS) is 20.9. The molecule has 0 aromatic heterocycles. The quantitative estimate of drug-likeness (QED) is 0.720. The average molecular weight is 456 g/mol. The third kappa shape index (κ3) is 5.72. The zero-order valence-corrected chi connectivity index (χ0v) is 19.1. The number of piperazine rings is 2. The van der Waals surface area contributed by atoms with Gasteiger partial charge in [0.2, 0.25) is 5.91 Å². The lowest BCUT2D eigenvalue weighted by molar-refractivity contribution is -0.138. The van der Waals surface area contributed by atoms with Gasteiger partial charge in [-0.05, 0) is 45.4 Å². The highest BCUT2D eigenvalue weighted by Gasteiger charge is 2.35. The van der Waals surface area contributed by atoms with Gasteiger partial charge >= 0.3 is 12.2 Å². The monoisotopic (exact) mass is 455 g/mol. The van der Waals surface area contributed by atoms with Crippen LogP contribution in [-0.2, 0) is 11.0 Å². The number of nitrogens with one attached hydrogen (secondary N) is 2. The second kappa shape index (κ2) is 9.27. The van der Waals surface area contributed by atoms with E-state index in [0.29, 0.717) is 32.7 Å². The van der Waals surface area contributed by atoms with Gasteiger partial charge in [0.1, 0.15) is 0 Å². The molecule has 2 saturated heterocycles. The van der Waals surface area contributed by atoms with Crippen molar-refractivity contribution >= 4 is 17.6 Å². The predicted octanol–water partition coefficient (Wildman–Crippen LogP) is 2.76. The molecule has 0 radical (unpaired) electrons. The smallest absolute Gasteiger partial charge is 0.338 e. The Balaban J connectivity index is 1.54. The fraction of sp³-hybridized carbons (Fsp3) is 0.636. The largest absolute Gasteiger partial charge is 0.416 e. The van der Waals surface area contributed by atoms with Gasteiger partial charge in [0.05, 0.1) is 11.6 Å². The Labute approximate surface area is 186 Å². The zero-order chi connectivity index (χ0) is 23.7. The van der Waals surface area contributed by atoms with Crippen molar-refractivity contribution in [3.63, 3.8) is 0 Å². The summed E-state index contributed by atoms with van der Waals surface area (Å²) < 4.78 is 39.3. The van der Waals surface area contributed by atoms with Gasteiger partial charge in [0.15, 0.2) is 0 Å². The van der Waals surface area contributed by atoms with Crippen molar-refractivity contribution in [3.8, 4) is 0 Å². The Morgan fingerprint density at radius 1 is 1.03 bits per heavy atom. The number of hydrogen-bond donors (Lipinski definition) is 2. The molecule has 3 amide bonds. The van der Waals surface area contributed by atoms with E-state index in [-0.39, 0.29) is 28.7 Å². The molecule has 2 N–H and O–H groups in total. The second-order valence-electron chi connectivity index (χ2n) is 9.39. The third-order valence-electron chi connectivity index (χ3n) is 6.09. The van der Waals surface area contributed by atoms with E-state index in [2.05, 4.69) is 36.3 Å². The van der Waals surface area contributed by atoms with Crippen LogP contribution in [0.1, 0.15) is 31.9 Å². The number of anilines is 1. The van der Waals surface area contributed by atoms with Gasteiger partial charge in [-0.2, -0.15) is 13.2 Å². The zero-order valence-electron chi connectivity index (χ0n) is 19.1. The second-order valence-corrected chi connectivity index (χ2v) is 9.39. The number of urea groups is 1. The summed E-state index contributed by atoms with van der Waals surface area (Å²) >= 11 is 0. The first-order chi connectivity index (χ1) is 14.9. The Morgan fingerprint density at radius 3 is 2.25 bits per heavy atom. The number of benzene rings is 1. The number of rotatable bonds is 2. The van der Waals surface area contributed by atoms with Crippen molar-refractivity contribution in [2.75, 3.05) is 51.1 Å². The van der Waals surface area contributed by atoms with E-state index in [0.717, 1.165) is 19.2 Å². The number of hydrogen-bond acceptors (Lipinski definition) is 4. The molecule has 0 spiro atoms. The number of halogens is 3. The number of amides is 3. The fourth-order valence-electron chi connectivity index (χ4n) is 4.08. The summed E-state index contributed by atoms with van der Waals surface area (Å²) in [6, 6.07) is 2.99. The minimum absolute atomic E-state index is 0.0145. The van der Waals surface area contributed by atoms with Crippen LogP contribution < -0.4 is 10.6 Å². The molecule has 0 unspecified atom stereocenters. The maximum Gasteiger partial charge on any atom is 0.416 e. The highest BCUT2D eigenvalue weighted by Crippen LogP contribution is 2.33. The Bertz CT molecular complexity index is 845. The molecule has 7 nitrogen and oxygen atoms in total. The average Bonchev–Trinajstić information content (AvgIpc) is 2.73. The van der Waals surface area contributed by atoms with Crippen molar-refractivity contribution in [2.24, 2.45) is 0 Å². The van der Waals surface area contributed by atoms with Crippen LogP contribution >= 0.6 is 0 Å². The van der Waals surface area contributed by atoms with Gasteiger partial charge in [-0.1, -0.05) is 6.07 Å². The van der Waals surface area contributed by atoms with Crippen LogP contribution in [0.2, 0.25) is 0 Å². The number of nitrogens with zero attached hydrogens (tertiary/aromatic N) is 3. The SMILES string of the molecule is Cc1ccc(NC(=O)N2CCN(C(=O)[C@H]3CN(C(C)(C)C)CCN3)CC2)cc1C(F)(F)F. The fourth-order valence-corrected chi connectivity index (χ4v) is 4.08. The van der Waals surface area contributed by atoms with Gasteiger partial charge < -0.3 is 20.4 Å². The van der Waals surface area contributed by atoms with E-state index >= 15 is 0 Å². The minimum Gasteiger partial charge on any atom is -0.338 e. The van der Waals surface area contributed by atoms with Crippen molar-refractivity contribution in [3.05, 3.63) is 29.3 Å². The van der Waals surface area contributed by atoms with E-state index in [1.807, 2.05) is 0 Å². The van der Waals surface area contributed by atoms with Crippen molar-refractivity contribution in [2.45, 2.75) is 45.5 Å². The summed E-state index contributed by atoms with van der Waals surface area (Å²) in [6.07, 6.45) is -4.48. The summed E-state index contributed by atoms with van der Waals surface area (Å²) in [5.41, 5.74) is -0.585. The molecule has 2 fully saturated rings. The van der Waals surface area contributed by atoms with Crippen molar-refractivity contribution in [1.82, 2.24) is 20.0 Å². The summed E-state index contributed by atoms with van der Waals surface area (Å²) in [5.74, 6) is 0.0207. The molecule has 0 saturated carbocycles. The molecule has 32 heavy (non-hydrogen) atoms. The molecule has 1 atom stereocenters. The Kier molecular flexibility index (Phi) is 7.04. The topological polar surface area (TPSA) is 67.9 Å². The molecule has 2 aliphatic rings. The van der Waals surface area contributed by atoms with E-state index in [4.69, 9.17) is 0 Å². The highest BCUT2D eigenvalue weighted by molar-refractivity contribution is 5.90. The van der Waals surface area contributed by atoms with Gasteiger partial charge in [-0.15, -0.1) is 0 Å². The maximum absolute atomic E-state index is 13.1. The lowest BCUT2D eigenvalue weighted by atomic mass is 10.0. The van der Waals surface area contributed by atoms with E-state index in [1.165, 1.54) is 24.0 Å². The van der Waals surface area contributed by atoms with Crippen LogP contribution in [0.25, 0.3) is 0 Å². The standard InChI is InChI=1S/C22H32F3N5O2/c1-15-5-6-16(13-17(15)22(23,24)25)27-20(32)29-11-9-28(10-12-29)19(31)18-14-30(8-7-26-18)21(2,3)4/h5-6,13,18,26H,7-12,14H2,1-4H3,(H,27,32)/t18-/m1/s1. The number of aryl methyl sites for hydroxylation is 1. The molecule has 1 aromatic rings. The van der Waals surface area contributed by atoms with Crippen LogP contribution in [0.5, 0.6) is 0 Å². The summed E-state index contributed by atoms with van der Waals surface area (Å²) in [6.45, 7) is 11.5. The number of carbonyl (C=O) groups excluding carboxylic acids is 2. The molecule has 178 valence electrons. The minimum atomic E-state index is -4.48. The van der Waals surface area contributed by atoms with E-state index in [1.54, 1.807) is 4.90 Å². The lowest BCUT2D eigenvalue weighted by Gasteiger charge is -2.43. The molecule has 2 heterocycles. The molecule has 10 heteroatoms. The Morgan fingerprint density at radius 2 is 1.66 bits per heavy atom. The molecule has 0 aliphatic carbocycles. The summed E-state index contributed by atoms with van der Waals surface area (Å²) in [4.78, 5) is 31.1. The van der Waals surface area contributed by atoms with Crippen LogP contribution in [-0.4, -0.2) is 84.0 Å². The number of carbonyl (C=O) groups is 2. The van der Waals surface area contributed by atoms with Gasteiger partial charge in [-0.3, -0.25) is 9.69 Å². The summed E-state index contributed by atoms with van der Waals surface area (Å²) in [7, 11) is 0. The first-order valence-electron chi connectivity index (χ1n) is 10.9. The number of alkyl halides is 3. The van der Waals surface area contributed by atoms with E-state index < -0.39 is 17.8 Å². The molecule has 2 aliphatic heterocycles. The molecule has 1 aromatic carbocycles. The first kappa shape index (κ1) is 24.3. The first-order valence-corrected chi connectivity index (χ1v) is 10.9. The van der Waals surface area contributed by atoms with Crippen LogP contribution in [0.4, 0.5) is 23.7 Å². The van der Waals surface area contributed by atoms with Crippen LogP contribution in [0.15, 0.2) is 18.2 Å². The molecular weight excluding hydrogens is 423 g/mol. The summed E-state index contributed by atoms with van der Waals surface area (Å²) in [5, 5.41) is 5.83. The maximum atomic E-state index is 13.1. The van der Waals surface area contributed by atoms with Gasteiger partial charge in [0.25, 0.3) is 0 Å². The predicted molar refractivity (Wildman–Crippen MR) is 116 cm³/mol. The van der Waals surface area contributed by atoms with Crippen LogP contribution in [0.3, 0.4) is 0 Å². The highest BCUT2D eigenvalue weighted by atomic mass is 19.4. The van der Waals surface area contributed by atoms with Gasteiger partial charge in [-0.25, -0.2) is 4.79 Å². The molecular formula is C22H32F3N5O2. The van der Waals surface area contributed by atoms with Crippen molar-refractivity contribution in [1.29, 1.82) is 0 Å². The molecule has 0 bridgehead atoms. The molecule has 3 rings (SSSR count). The third-order valence-corrected chi connectivity index (χ3v) is 6.09.